The standard InChI is InChI=1S/C41H68FN5O8/c1-24-20-25(2)35(55-33-23-30(45(10)11)21-26(3)53-33)29(6)36(49)41(9,42)38(50)54-27(4)22-32(28(5)34(24)48)47(39(51)52-13)19-15-17-40(7,8)46(12)37-31(43)16-14-18-44-37/h14,16,18,24-30,32-33,35H,15,17,19-23,43H2,1-13H3/t24-,25+,26-,27-,28-,29-,30+,32+,33+,35+,41+/m1/s1. The van der Waals surface area contributed by atoms with E-state index in [-0.39, 0.29) is 30.9 Å². The highest BCUT2D eigenvalue weighted by Crippen LogP contribution is 2.36. The number of ketones is 2. The van der Waals surface area contributed by atoms with E-state index in [0.29, 0.717) is 37.2 Å². The Balaban J connectivity index is 1.95. The molecular weight excluding hydrogens is 709 g/mol. The van der Waals surface area contributed by atoms with Gasteiger partial charge in [-0.15, -0.1) is 0 Å². The number of nitrogens with two attached hydrogens (primary N) is 1. The monoisotopic (exact) mass is 778 g/mol. The molecule has 0 saturated carbocycles. The van der Waals surface area contributed by atoms with E-state index in [9.17, 15) is 19.2 Å². The molecule has 1 amide bonds. The molecule has 0 radical (unpaired) electrons. The third-order valence-electron chi connectivity index (χ3n) is 12.0. The summed E-state index contributed by atoms with van der Waals surface area (Å²) in [4.78, 5) is 65.3. The minimum absolute atomic E-state index is 0.0135. The average molecular weight is 778 g/mol. The van der Waals surface area contributed by atoms with E-state index in [0.717, 1.165) is 13.3 Å². The van der Waals surface area contributed by atoms with Crippen molar-refractivity contribution in [2.24, 2.45) is 23.7 Å². The number of nitrogen functional groups attached to an aromatic ring is 1. The van der Waals surface area contributed by atoms with E-state index in [2.05, 4.69) is 23.7 Å². The molecule has 0 spiro atoms. The van der Waals surface area contributed by atoms with Gasteiger partial charge in [-0.25, -0.2) is 19.0 Å². The molecule has 0 unspecified atom stereocenters. The number of ether oxygens (including phenoxy) is 4. The summed E-state index contributed by atoms with van der Waals surface area (Å²) >= 11 is 0. The lowest BCUT2D eigenvalue weighted by Crippen LogP contribution is -2.53. The number of hydrogen-bond donors (Lipinski definition) is 1. The molecule has 0 bridgehead atoms. The maximum atomic E-state index is 16.4. The minimum Gasteiger partial charge on any atom is -0.460 e. The predicted molar refractivity (Wildman–Crippen MR) is 210 cm³/mol. The van der Waals surface area contributed by atoms with Gasteiger partial charge in [-0.2, -0.15) is 0 Å². The molecule has 1 aromatic rings. The topological polar surface area (TPSA) is 154 Å². The number of aromatic nitrogens is 1. The van der Waals surface area contributed by atoms with E-state index >= 15 is 4.39 Å². The Hall–Kier alpha value is -3.36. The van der Waals surface area contributed by atoms with Crippen molar-refractivity contribution in [1.29, 1.82) is 0 Å². The van der Waals surface area contributed by atoms with Crippen molar-refractivity contribution in [2.45, 2.75) is 149 Å². The Morgan fingerprint density at radius 3 is 2.27 bits per heavy atom. The number of alkyl halides is 1. The van der Waals surface area contributed by atoms with Gasteiger partial charge in [0.05, 0.1) is 25.0 Å². The molecule has 2 aliphatic heterocycles. The molecule has 2 saturated heterocycles. The summed E-state index contributed by atoms with van der Waals surface area (Å²) in [6.07, 6.45) is 1.21. The molecule has 0 aliphatic carbocycles. The summed E-state index contributed by atoms with van der Waals surface area (Å²) < 4.78 is 40.0. The first-order valence-electron chi connectivity index (χ1n) is 19.8. The molecule has 14 heteroatoms. The van der Waals surface area contributed by atoms with E-state index < -0.39 is 77.3 Å². The predicted octanol–water partition coefficient (Wildman–Crippen LogP) is 6.07. The normalized spacial score (nSPS) is 33.1. The highest BCUT2D eigenvalue weighted by atomic mass is 19.1. The fourth-order valence-corrected chi connectivity index (χ4v) is 8.24. The SMILES string of the molecule is COC(=O)N(CCCC(C)(C)N(C)c1ncccc1N)[C@H]1C[C@@H](C)OC(=O)[C@@](C)(F)C(=O)[C@H](C)[C@@H](O[C@H]2C[C@@H](N(C)C)C[C@@H](C)O2)[C@@H](C)C[C@@H](C)C(=O)[C@@H]1C. The van der Waals surface area contributed by atoms with Crippen LogP contribution in [0.4, 0.5) is 20.7 Å². The number of carbonyl (C=O) groups excluding carboxylic acids is 4. The van der Waals surface area contributed by atoms with Crippen LogP contribution in [-0.2, 0) is 33.3 Å². The largest absolute Gasteiger partial charge is 0.460 e. The first kappa shape index (κ1) is 46.0. The van der Waals surface area contributed by atoms with Crippen molar-refractivity contribution in [3.63, 3.8) is 0 Å². The van der Waals surface area contributed by atoms with Crippen LogP contribution in [0.3, 0.4) is 0 Å². The highest BCUT2D eigenvalue weighted by Gasteiger charge is 2.50. The van der Waals surface area contributed by atoms with Gasteiger partial charge >= 0.3 is 12.1 Å². The van der Waals surface area contributed by atoms with Gasteiger partial charge in [0.2, 0.25) is 0 Å². The van der Waals surface area contributed by atoms with Crippen LogP contribution < -0.4 is 10.6 Å². The number of Topliss-reactive ketones (excluding diaryl/α,β-unsaturated/α-hetero) is 2. The van der Waals surface area contributed by atoms with Gasteiger partial charge in [0, 0.05) is 68.0 Å². The fraction of sp³-hybridized carbons (Fsp3) is 0.780. The van der Waals surface area contributed by atoms with Crippen molar-refractivity contribution in [3.05, 3.63) is 18.3 Å². The number of methoxy groups -OCH3 is 1. The number of pyridine rings is 1. The zero-order valence-corrected chi connectivity index (χ0v) is 35.5. The average Bonchev–Trinajstić information content (AvgIpc) is 3.12. The third-order valence-corrected chi connectivity index (χ3v) is 12.0. The lowest BCUT2D eigenvalue weighted by atomic mass is 9.77. The van der Waals surface area contributed by atoms with Crippen LogP contribution in [0.5, 0.6) is 0 Å². The van der Waals surface area contributed by atoms with Crippen molar-refractivity contribution < 1.29 is 42.5 Å². The molecule has 2 N–H and O–H groups in total. The lowest BCUT2D eigenvalue weighted by Gasteiger charge is -2.41. The number of carbonyl (C=O) groups is 4. The molecule has 0 aromatic carbocycles. The number of amides is 1. The van der Waals surface area contributed by atoms with E-state index in [4.69, 9.17) is 24.7 Å². The Labute approximate surface area is 328 Å². The van der Waals surface area contributed by atoms with Gasteiger partial charge in [-0.05, 0) is 92.4 Å². The molecule has 312 valence electrons. The second-order valence-electron chi connectivity index (χ2n) is 17.1. The fourth-order valence-electron chi connectivity index (χ4n) is 8.24. The zero-order chi connectivity index (χ0) is 41.6. The first-order chi connectivity index (χ1) is 25.5. The molecule has 2 fully saturated rings. The maximum Gasteiger partial charge on any atom is 0.409 e. The van der Waals surface area contributed by atoms with Crippen LogP contribution in [0.15, 0.2) is 18.3 Å². The third kappa shape index (κ3) is 11.4. The summed E-state index contributed by atoms with van der Waals surface area (Å²) in [7, 11) is 7.16. The molecular formula is C41H68FN5O8. The summed E-state index contributed by atoms with van der Waals surface area (Å²) in [5.41, 5.74) is 3.35. The number of rotatable bonds is 10. The summed E-state index contributed by atoms with van der Waals surface area (Å²) in [6.45, 7) is 15.8. The Bertz CT molecular complexity index is 1480. The quantitative estimate of drug-likeness (QED) is 0.217. The van der Waals surface area contributed by atoms with Gasteiger partial charge < -0.3 is 39.4 Å². The number of cyclic esters (lactones) is 1. The summed E-state index contributed by atoms with van der Waals surface area (Å²) in [5, 5.41) is 0. The van der Waals surface area contributed by atoms with Crippen molar-refractivity contribution in [3.8, 4) is 0 Å². The van der Waals surface area contributed by atoms with E-state index in [1.54, 1.807) is 39.1 Å². The Morgan fingerprint density at radius 1 is 1.02 bits per heavy atom. The van der Waals surface area contributed by atoms with Gasteiger partial charge in [0.15, 0.2) is 17.9 Å². The second-order valence-corrected chi connectivity index (χ2v) is 17.1. The van der Waals surface area contributed by atoms with Crippen LogP contribution in [0.1, 0.15) is 101 Å². The molecule has 55 heavy (non-hydrogen) atoms. The van der Waals surface area contributed by atoms with Crippen molar-refractivity contribution in [1.82, 2.24) is 14.8 Å². The molecule has 1 aromatic heterocycles. The van der Waals surface area contributed by atoms with Crippen LogP contribution in [-0.4, -0.2) is 121 Å². The zero-order valence-electron chi connectivity index (χ0n) is 35.5. The van der Waals surface area contributed by atoms with Crippen LogP contribution in [0.25, 0.3) is 0 Å². The van der Waals surface area contributed by atoms with Gasteiger partial charge in [0.25, 0.3) is 5.67 Å². The Morgan fingerprint density at radius 2 is 1.67 bits per heavy atom. The number of nitrogens with zero attached hydrogens (tertiary/aromatic N) is 4. The van der Waals surface area contributed by atoms with Crippen molar-refractivity contribution >= 4 is 35.1 Å². The van der Waals surface area contributed by atoms with Gasteiger partial charge in [-0.3, -0.25) is 9.59 Å². The smallest absolute Gasteiger partial charge is 0.409 e. The van der Waals surface area contributed by atoms with Gasteiger partial charge in [-0.1, -0.05) is 27.7 Å². The number of esters is 1. The molecule has 3 rings (SSSR count). The van der Waals surface area contributed by atoms with E-state index in [1.165, 1.54) is 12.0 Å². The second kappa shape index (κ2) is 19.2. The summed E-state index contributed by atoms with van der Waals surface area (Å²) in [5.74, 6) is -4.47. The number of anilines is 2. The first-order valence-corrected chi connectivity index (χ1v) is 19.8. The van der Waals surface area contributed by atoms with E-state index in [1.807, 2.05) is 46.8 Å². The summed E-state index contributed by atoms with van der Waals surface area (Å²) in [6, 6.07) is 2.95. The van der Waals surface area contributed by atoms with Crippen LogP contribution >= 0.6 is 0 Å². The lowest BCUT2D eigenvalue weighted by molar-refractivity contribution is -0.237. The van der Waals surface area contributed by atoms with Crippen LogP contribution in [0, 0.1) is 23.7 Å². The molecule has 11 atom stereocenters. The van der Waals surface area contributed by atoms with Crippen molar-refractivity contribution in [2.75, 3.05) is 45.4 Å². The number of hydrogen-bond acceptors (Lipinski definition) is 12. The maximum absolute atomic E-state index is 16.4. The highest BCUT2D eigenvalue weighted by molar-refractivity contribution is 6.07. The minimum atomic E-state index is -2.98. The molecule has 3 heterocycles. The molecule has 2 aliphatic rings. The number of halogens is 1. The Kier molecular flexibility index (Phi) is 16.1. The van der Waals surface area contributed by atoms with Crippen LogP contribution in [0.2, 0.25) is 0 Å². The van der Waals surface area contributed by atoms with Gasteiger partial charge in [0.1, 0.15) is 11.9 Å². The molecule has 13 nitrogen and oxygen atoms in total.